The number of aromatic nitrogens is 2. The molecule has 176 valence electrons. The Morgan fingerprint density at radius 3 is 2.18 bits per heavy atom. The Hall–Kier alpha value is -4.34. The number of rotatable bonds is 9. The van der Waals surface area contributed by atoms with E-state index in [-0.39, 0.29) is 37.0 Å². The highest BCUT2D eigenvalue weighted by atomic mass is 16.2. The summed E-state index contributed by atoms with van der Waals surface area (Å²) in [5.41, 5.74) is 7.21. The van der Waals surface area contributed by atoms with Crippen molar-refractivity contribution in [1.29, 1.82) is 0 Å². The number of benzene rings is 2. The fraction of sp³-hybridized carbons (Fsp3) is 0.250. The van der Waals surface area contributed by atoms with Gasteiger partial charge in [0.2, 0.25) is 5.91 Å². The zero-order chi connectivity index (χ0) is 24.1. The minimum Gasteiger partial charge on any atom is -0.383 e. The molecule has 0 unspecified atom stereocenters. The number of imide groups is 1. The second-order valence-corrected chi connectivity index (χ2v) is 8.03. The number of nitrogens with two attached hydrogens (primary N) is 1. The van der Waals surface area contributed by atoms with Crippen molar-refractivity contribution in [2.45, 2.75) is 19.5 Å². The second kappa shape index (κ2) is 10.1. The number of aromatic amines is 1. The fourth-order valence-electron chi connectivity index (χ4n) is 3.98. The van der Waals surface area contributed by atoms with Crippen molar-refractivity contribution in [2.24, 2.45) is 0 Å². The first-order valence-electron chi connectivity index (χ1n) is 11.0. The van der Waals surface area contributed by atoms with Crippen LogP contribution in [0.15, 0.2) is 70.3 Å². The van der Waals surface area contributed by atoms with Gasteiger partial charge in [0.1, 0.15) is 11.5 Å². The Bertz CT molecular complexity index is 1270. The molecule has 0 atom stereocenters. The van der Waals surface area contributed by atoms with Gasteiger partial charge in [-0.1, -0.05) is 60.7 Å². The maximum absolute atomic E-state index is 12.9. The number of hydrogen-bond donors (Lipinski definition) is 3. The van der Waals surface area contributed by atoms with Crippen molar-refractivity contribution in [3.05, 3.63) is 92.6 Å². The van der Waals surface area contributed by atoms with Gasteiger partial charge in [0.15, 0.2) is 0 Å². The monoisotopic (exact) mass is 462 g/mol. The van der Waals surface area contributed by atoms with Crippen LogP contribution in [0.5, 0.6) is 0 Å². The molecule has 0 radical (unpaired) electrons. The zero-order valence-corrected chi connectivity index (χ0v) is 18.6. The zero-order valence-electron chi connectivity index (χ0n) is 18.6. The first-order valence-corrected chi connectivity index (χ1v) is 11.0. The lowest BCUT2D eigenvalue weighted by Gasteiger charge is -2.27. The van der Waals surface area contributed by atoms with Crippen molar-refractivity contribution in [3.63, 3.8) is 0 Å². The molecule has 1 aromatic heterocycles. The quantitative estimate of drug-likeness (QED) is 0.408. The number of nitrogens with one attached hydrogen (secondary N) is 2. The van der Waals surface area contributed by atoms with Crippen LogP contribution in [0.3, 0.4) is 0 Å². The maximum atomic E-state index is 12.9. The summed E-state index contributed by atoms with van der Waals surface area (Å²) >= 11 is 0. The molecular formula is C24H26N6O4. The Balaban J connectivity index is 1.64. The Labute approximate surface area is 195 Å². The average molecular weight is 463 g/mol. The highest BCUT2D eigenvalue weighted by Gasteiger charge is 2.28. The molecule has 4 rings (SSSR count). The molecule has 10 heteroatoms. The lowest BCUT2D eigenvalue weighted by Crippen LogP contribution is -2.40. The van der Waals surface area contributed by atoms with Gasteiger partial charge in [0.25, 0.3) is 5.56 Å². The topological polar surface area (TPSA) is 134 Å². The van der Waals surface area contributed by atoms with Gasteiger partial charge in [-0.3, -0.25) is 24.0 Å². The minimum atomic E-state index is -0.589. The van der Waals surface area contributed by atoms with Crippen molar-refractivity contribution in [2.75, 3.05) is 30.3 Å². The van der Waals surface area contributed by atoms with E-state index in [1.807, 2.05) is 60.7 Å². The Morgan fingerprint density at radius 2 is 1.56 bits per heavy atom. The summed E-state index contributed by atoms with van der Waals surface area (Å²) in [7, 11) is 0. The molecule has 10 nitrogen and oxygen atoms in total. The third kappa shape index (κ3) is 5.01. The van der Waals surface area contributed by atoms with Crippen LogP contribution in [-0.4, -0.2) is 46.0 Å². The van der Waals surface area contributed by atoms with Crippen LogP contribution in [0, 0.1) is 0 Å². The van der Waals surface area contributed by atoms with Gasteiger partial charge in [0, 0.05) is 19.6 Å². The molecule has 2 aromatic carbocycles. The number of nitrogen functional groups attached to an aromatic ring is 1. The van der Waals surface area contributed by atoms with Crippen molar-refractivity contribution < 1.29 is 9.59 Å². The highest BCUT2D eigenvalue weighted by Crippen LogP contribution is 2.21. The predicted molar refractivity (Wildman–Crippen MR) is 128 cm³/mol. The normalized spacial score (nSPS) is 13.2. The summed E-state index contributed by atoms with van der Waals surface area (Å²) < 4.78 is 1.33. The molecule has 3 aromatic rings. The molecule has 1 saturated heterocycles. The molecule has 0 saturated carbocycles. The smallest absolute Gasteiger partial charge is 0.330 e. The van der Waals surface area contributed by atoms with Crippen LogP contribution < -0.4 is 27.2 Å². The first kappa shape index (κ1) is 22.8. The summed E-state index contributed by atoms with van der Waals surface area (Å²) in [6.45, 7) is 1.10. The maximum Gasteiger partial charge on any atom is 0.330 e. The van der Waals surface area contributed by atoms with Gasteiger partial charge in [-0.05, 0) is 17.5 Å². The van der Waals surface area contributed by atoms with Crippen LogP contribution in [0.2, 0.25) is 0 Å². The third-order valence-electron chi connectivity index (χ3n) is 5.68. The number of hydrogen-bond acceptors (Lipinski definition) is 6. The molecule has 34 heavy (non-hydrogen) atoms. The van der Waals surface area contributed by atoms with Gasteiger partial charge in [-0.2, -0.15) is 0 Å². The van der Waals surface area contributed by atoms with E-state index in [2.05, 4.69) is 10.3 Å². The minimum absolute atomic E-state index is 0.0103. The van der Waals surface area contributed by atoms with Crippen molar-refractivity contribution >= 4 is 23.4 Å². The summed E-state index contributed by atoms with van der Waals surface area (Å²) in [4.78, 5) is 54.6. The number of nitrogens with zero attached hydrogens (tertiary/aromatic N) is 3. The van der Waals surface area contributed by atoms with Crippen LogP contribution in [0.25, 0.3) is 0 Å². The molecular weight excluding hydrogens is 436 g/mol. The van der Waals surface area contributed by atoms with Crippen LogP contribution >= 0.6 is 0 Å². The third-order valence-corrected chi connectivity index (χ3v) is 5.68. The van der Waals surface area contributed by atoms with Crippen molar-refractivity contribution in [3.8, 4) is 0 Å². The summed E-state index contributed by atoms with van der Waals surface area (Å²) in [5.74, 6) is -0.225. The SMILES string of the molecule is Nc1c(N(CCCN2C(=O)CNC2=O)Cc2ccccc2)c(=O)[nH]c(=O)n1Cc1ccccc1. The summed E-state index contributed by atoms with van der Waals surface area (Å²) in [5, 5.41) is 2.49. The van der Waals surface area contributed by atoms with E-state index in [1.165, 1.54) is 4.57 Å². The first-order chi connectivity index (χ1) is 16.4. The molecule has 0 aliphatic carbocycles. The molecule has 1 aliphatic rings. The number of anilines is 2. The fourth-order valence-corrected chi connectivity index (χ4v) is 3.98. The molecule has 2 heterocycles. The van der Waals surface area contributed by atoms with Crippen LogP contribution in [0.4, 0.5) is 16.3 Å². The standard InChI is InChI=1S/C24H26N6O4/c25-21-20(22(32)27-24(34)30(21)16-18-10-5-2-6-11-18)28(15-17-8-3-1-4-9-17)12-7-13-29-19(31)14-26-23(29)33/h1-6,8-11H,7,12-16,25H2,(H,26,33)(H,27,32,34). The Kier molecular flexibility index (Phi) is 6.77. The number of H-pyrrole nitrogens is 1. The van der Waals surface area contributed by atoms with E-state index in [9.17, 15) is 19.2 Å². The van der Waals surface area contributed by atoms with E-state index in [1.54, 1.807) is 4.90 Å². The molecule has 3 amide bonds. The molecule has 0 spiro atoms. The van der Waals surface area contributed by atoms with E-state index >= 15 is 0 Å². The largest absolute Gasteiger partial charge is 0.383 e. The van der Waals surface area contributed by atoms with E-state index < -0.39 is 17.3 Å². The van der Waals surface area contributed by atoms with Gasteiger partial charge < -0.3 is 16.0 Å². The molecule has 1 aliphatic heterocycles. The molecule has 1 fully saturated rings. The predicted octanol–water partition coefficient (Wildman–Crippen LogP) is 1.12. The number of carbonyl (C=O) groups is 2. The second-order valence-electron chi connectivity index (χ2n) is 8.03. The van der Waals surface area contributed by atoms with Gasteiger partial charge in [-0.15, -0.1) is 0 Å². The van der Waals surface area contributed by atoms with Crippen LogP contribution in [0.1, 0.15) is 17.5 Å². The average Bonchev–Trinajstić information content (AvgIpc) is 3.15. The number of amides is 3. The molecule has 4 N–H and O–H groups in total. The molecule has 0 bridgehead atoms. The van der Waals surface area contributed by atoms with E-state index in [0.717, 1.165) is 16.0 Å². The van der Waals surface area contributed by atoms with Gasteiger partial charge >= 0.3 is 11.7 Å². The van der Waals surface area contributed by atoms with E-state index in [4.69, 9.17) is 5.73 Å². The lowest BCUT2D eigenvalue weighted by molar-refractivity contribution is -0.125. The van der Waals surface area contributed by atoms with Gasteiger partial charge in [-0.25, -0.2) is 9.59 Å². The number of urea groups is 1. The van der Waals surface area contributed by atoms with Crippen molar-refractivity contribution in [1.82, 2.24) is 19.8 Å². The van der Waals surface area contributed by atoms with Crippen LogP contribution in [-0.2, 0) is 17.9 Å². The summed E-state index contributed by atoms with van der Waals surface area (Å²) in [6, 6.07) is 18.5. The number of carbonyl (C=O) groups excluding carboxylic acids is 2. The Morgan fingerprint density at radius 1 is 0.912 bits per heavy atom. The lowest BCUT2D eigenvalue weighted by atomic mass is 10.2. The van der Waals surface area contributed by atoms with E-state index in [0.29, 0.717) is 19.5 Å². The summed E-state index contributed by atoms with van der Waals surface area (Å²) in [6.07, 6.45) is 0.419. The highest BCUT2D eigenvalue weighted by molar-refractivity contribution is 6.01. The van der Waals surface area contributed by atoms with Gasteiger partial charge in [0.05, 0.1) is 13.1 Å².